The molecule has 1 aromatic carbocycles. The van der Waals surface area contributed by atoms with Crippen LogP contribution in [-0.2, 0) is 0 Å². The minimum Gasteiger partial charge on any atom is -0.249 e. The first kappa shape index (κ1) is 12.3. The molecule has 90 valence electrons. The monoisotopic (exact) mass is 245 g/mol. The maximum atomic E-state index is 4.49. The molecular weight excluding hydrogens is 226 g/mol. The molecule has 1 heterocycles. The fourth-order valence-electron chi connectivity index (χ4n) is 1.74. The molecular formula is C15H19NS. The highest BCUT2D eigenvalue weighted by Crippen LogP contribution is 2.31. The minimum atomic E-state index is 0.516. The first-order valence-electron chi connectivity index (χ1n) is 6.14. The Morgan fingerprint density at radius 2 is 1.82 bits per heavy atom. The molecule has 0 amide bonds. The number of hydrogen-bond donors (Lipinski definition) is 0. The van der Waals surface area contributed by atoms with Crippen molar-refractivity contribution < 1.29 is 0 Å². The van der Waals surface area contributed by atoms with Crippen LogP contribution in [0.3, 0.4) is 0 Å². The Labute approximate surface area is 108 Å². The largest absolute Gasteiger partial charge is 0.249 e. The lowest BCUT2D eigenvalue weighted by atomic mass is 10.0. The normalized spacial score (nSPS) is 11.4. The van der Waals surface area contributed by atoms with E-state index >= 15 is 0 Å². The van der Waals surface area contributed by atoms with E-state index < -0.39 is 0 Å². The van der Waals surface area contributed by atoms with Crippen LogP contribution in [0, 0.1) is 0 Å². The van der Waals surface area contributed by atoms with Crippen molar-refractivity contribution in [2.75, 3.05) is 0 Å². The van der Waals surface area contributed by atoms with Gasteiger partial charge in [0.05, 0.1) is 9.88 Å². The van der Waals surface area contributed by atoms with Crippen LogP contribution in [0.5, 0.6) is 0 Å². The number of benzene rings is 1. The fraction of sp³-hybridized carbons (Fsp3) is 0.400. The van der Waals surface area contributed by atoms with Crippen molar-refractivity contribution in [3.8, 4) is 10.4 Å². The molecule has 2 rings (SSSR count). The van der Waals surface area contributed by atoms with E-state index in [1.165, 1.54) is 21.0 Å². The summed E-state index contributed by atoms with van der Waals surface area (Å²) in [7, 11) is 0. The SMILES string of the molecule is CC(C)c1cccc(-c2cnc(C(C)C)s2)c1. The van der Waals surface area contributed by atoms with Crippen molar-refractivity contribution in [1.29, 1.82) is 0 Å². The number of thiazole rings is 1. The number of rotatable bonds is 3. The van der Waals surface area contributed by atoms with Crippen LogP contribution >= 0.6 is 11.3 Å². The van der Waals surface area contributed by atoms with Crippen LogP contribution in [0.15, 0.2) is 30.5 Å². The van der Waals surface area contributed by atoms with Crippen LogP contribution in [0.2, 0.25) is 0 Å². The van der Waals surface area contributed by atoms with Crippen LogP contribution in [0.4, 0.5) is 0 Å². The second-order valence-corrected chi connectivity index (χ2v) is 6.06. The van der Waals surface area contributed by atoms with E-state index in [1.807, 2.05) is 6.20 Å². The highest BCUT2D eigenvalue weighted by Gasteiger charge is 2.08. The van der Waals surface area contributed by atoms with Crippen molar-refractivity contribution in [3.05, 3.63) is 41.0 Å². The first-order valence-corrected chi connectivity index (χ1v) is 6.95. The lowest BCUT2D eigenvalue weighted by Crippen LogP contribution is -1.86. The predicted molar refractivity (Wildman–Crippen MR) is 75.7 cm³/mol. The van der Waals surface area contributed by atoms with Crippen molar-refractivity contribution in [1.82, 2.24) is 4.98 Å². The van der Waals surface area contributed by atoms with E-state index in [0.717, 1.165) is 0 Å². The molecule has 17 heavy (non-hydrogen) atoms. The lowest BCUT2D eigenvalue weighted by Gasteiger charge is -2.06. The molecule has 1 aromatic heterocycles. The van der Waals surface area contributed by atoms with Gasteiger partial charge in [0.25, 0.3) is 0 Å². The fourth-order valence-corrected chi connectivity index (χ4v) is 2.66. The van der Waals surface area contributed by atoms with Gasteiger partial charge in [0.15, 0.2) is 0 Å². The zero-order valence-electron chi connectivity index (χ0n) is 10.9. The summed E-state index contributed by atoms with van der Waals surface area (Å²) < 4.78 is 0. The first-order chi connectivity index (χ1) is 8.08. The Kier molecular flexibility index (Phi) is 3.63. The molecule has 0 aliphatic carbocycles. The molecule has 2 heteroatoms. The van der Waals surface area contributed by atoms with E-state index in [1.54, 1.807) is 11.3 Å². The van der Waals surface area contributed by atoms with Gasteiger partial charge in [0, 0.05) is 12.1 Å². The van der Waals surface area contributed by atoms with Gasteiger partial charge in [-0.3, -0.25) is 0 Å². The van der Waals surface area contributed by atoms with Gasteiger partial charge in [-0.05, 0) is 17.0 Å². The van der Waals surface area contributed by atoms with Gasteiger partial charge < -0.3 is 0 Å². The molecule has 0 saturated heterocycles. The summed E-state index contributed by atoms with van der Waals surface area (Å²) in [4.78, 5) is 5.76. The summed E-state index contributed by atoms with van der Waals surface area (Å²) in [6.45, 7) is 8.83. The van der Waals surface area contributed by atoms with Gasteiger partial charge >= 0.3 is 0 Å². The Balaban J connectivity index is 2.35. The van der Waals surface area contributed by atoms with Gasteiger partial charge in [-0.2, -0.15) is 0 Å². The van der Waals surface area contributed by atoms with Gasteiger partial charge in [-0.25, -0.2) is 4.98 Å². The minimum absolute atomic E-state index is 0.516. The van der Waals surface area contributed by atoms with Gasteiger partial charge in [0.1, 0.15) is 0 Å². The van der Waals surface area contributed by atoms with E-state index in [-0.39, 0.29) is 0 Å². The summed E-state index contributed by atoms with van der Waals surface area (Å²) in [5.41, 5.74) is 2.68. The number of nitrogens with zero attached hydrogens (tertiary/aromatic N) is 1. The topological polar surface area (TPSA) is 12.9 Å². The van der Waals surface area contributed by atoms with Crippen LogP contribution in [0.25, 0.3) is 10.4 Å². The van der Waals surface area contributed by atoms with Gasteiger partial charge in [-0.15, -0.1) is 11.3 Å². The highest BCUT2D eigenvalue weighted by atomic mass is 32.1. The molecule has 2 aromatic rings. The Bertz CT molecular complexity index is 497. The summed E-state index contributed by atoms with van der Waals surface area (Å²) >= 11 is 1.80. The predicted octanol–water partition coefficient (Wildman–Crippen LogP) is 5.06. The lowest BCUT2D eigenvalue weighted by molar-refractivity contribution is 0.852. The zero-order chi connectivity index (χ0) is 12.4. The smallest absolute Gasteiger partial charge is 0.0956 e. The molecule has 0 atom stereocenters. The molecule has 1 nitrogen and oxygen atoms in total. The van der Waals surface area contributed by atoms with Crippen molar-refractivity contribution in [3.63, 3.8) is 0 Å². The van der Waals surface area contributed by atoms with E-state index in [9.17, 15) is 0 Å². The Morgan fingerprint density at radius 3 is 2.41 bits per heavy atom. The molecule has 0 aliphatic rings. The van der Waals surface area contributed by atoms with E-state index in [4.69, 9.17) is 0 Å². The van der Waals surface area contributed by atoms with Crippen LogP contribution in [0.1, 0.15) is 50.1 Å². The summed E-state index contributed by atoms with van der Waals surface area (Å²) in [6, 6.07) is 8.78. The Morgan fingerprint density at radius 1 is 1.06 bits per heavy atom. The summed E-state index contributed by atoms with van der Waals surface area (Å²) in [5, 5.41) is 1.22. The second-order valence-electron chi connectivity index (χ2n) is 5.00. The van der Waals surface area contributed by atoms with Crippen LogP contribution in [-0.4, -0.2) is 4.98 Å². The van der Waals surface area contributed by atoms with E-state index in [2.05, 4.69) is 56.9 Å². The molecule has 0 unspecified atom stereocenters. The average Bonchev–Trinajstić information content (AvgIpc) is 2.78. The highest BCUT2D eigenvalue weighted by molar-refractivity contribution is 7.15. The second kappa shape index (κ2) is 5.01. The average molecular weight is 245 g/mol. The zero-order valence-corrected chi connectivity index (χ0v) is 11.7. The quantitative estimate of drug-likeness (QED) is 0.736. The summed E-state index contributed by atoms with van der Waals surface area (Å²) in [6.07, 6.45) is 2.00. The molecule has 0 saturated carbocycles. The maximum Gasteiger partial charge on any atom is 0.0956 e. The molecule has 0 N–H and O–H groups in total. The molecule has 0 aliphatic heterocycles. The third-order valence-electron chi connectivity index (χ3n) is 2.86. The standard InChI is InChI=1S/C15H19NS/c1-10(2)12-6-5-7-13(8-12)14-9-16-15(17-14)11(3)4/h5-11H,1-4H3. The van der Waals surface area contributed by atoms with Gasteiger partial charge in [-0.1, -0.05) is 52.0 Å². The third-order valence-corrected chi connectivity index (χ3v) is 4.20. The maximum absolute atomic E-state index is 4.49. The number of hydrogen-bond acceptors (Lipinski definition) is 2. The van der Waals surface area contributed by atoms with Crippen molar-refractivity contribution in [2.24, 2.45) is 0 Å². The van der Waals surface area contributed by atoms with E-state index in [0.29, 0.717) is 11.8 Å². The molecule has 0 bridgehead atoms. The van der Waals surface area contributed by atoms with Crippen LogP contribution < -0.4 is 0 Å². The molecule has 0 fully saturated rings. The molecule has 0 spiro atoms. The van der Waals surface area contributed by atoms with Gasteiger partial charge in [0.2, 0.25) is 0 Å². The summed E-state index contributed by atoms with van der Waals surface area (Å²) in [5.74, 6) is 1.09. The number of aromatic nitrogens is 1. The molecule has 0 radical (unpaired) electrons. The Hall–Kier alpha value is -1.15. The van der Waals surface area contributed by atoms with Crippen molar-refractivity contribution in [2.45, 2.75) is 39.5 Å². The van der Waals surface area contributed by atoms with Crippen molar-refractivity contribution >= 4 is 11.3 Å². The third kappa shape index (κ3) is 2.75.